The third-order valence-corrected chi connectivity index (χ3v) is 4.61. The molecular weight excluding hydrogens is 421 g/mol. The van der Waals surface area contributed by atoms with Crippen molar-refractivity contribution in [1.29, 1.82) is 0 Å². The van der Waals surface area contributed by atoms with Crippen molar-refractivity contribution < 1.29 is 28.2 Å². The quantitative estimate of drug-likeness (QED) is 0.632. The average Bonchev–Trinajstić information content (AvgIpc) is 3.02. The number of hydrogen-bond donors (Lipinski definition) is 2. The summed E-state index contributed by atoms with van der Waals surface area (Å²) in [6.45, 7) is 3.53. The largest absolute Gasteiger partial charge is 0.462 e. The summed E-state index contributed by atoms with van der Waals surface area (Å²) >= 11 is 0. The Labute approximate surface area is 183 Å². The Bertz CT molecular complexity index is 1110. The molecule has 1 aliphatic rings. The molecule has 3 rings (SSSR count). The van der Waals surface area contributed by atoms with Gasteiger partial charge in [0.05, 0.1) is 42.3 Å². The number of benzene rings is 1. The van der Waals surface area contributed by atoms with Gasteiger partial charge >= 0.3 is 12.1 Å². The highest BCUT2D eigenvalue weighted by Gasteiger charge is 2.32. The molecule has 2 N–H and O–H groups in total. The van der Waals surface area contributed by atoms with Gasteiger partial charge in [0.15, 0.2) is 0 Å². The highest BCUT2D eigenvalue weighted by atomic mass is 19.1. The zero-order valence-electron chi connectivity index (χ0n) is 17.5. The Balaban J connectivity index is 1.76. The van der Waals surface area contributed by atoms with E-state index in [4.69, 9.17) is 9.47 Å². The minimum absolute atomic E-state index is 0.0112. The number of halogens is 1. The minimum Gasteiger partial charge on any atom is -0.462 e. The maximum atomic E-state index is 14.7. The van der Waals surface area contributed by atoms with E-state index in [0.29, 0.717) is 0 Å². The Morgan fingerprint density at radius 1 is 1.16 bits per heavy atom. The smallest absolute Gasteiger partial charge is 0.414 e. The van der Waals surface area contributed by atoms with E-state index < -0.39 is 29.4 Å². The highest BCUT2D eigenvalue weighted by molar-refractivity contribution is 5.90. The number of hydrogen-bond acceptors (Lipinski definition) is 7. The van der Waals surface area contributed by atoms with Crippen LogP contribution >= 0.6 is 0 Å². The lowest BCUT2D eigenvalue weighted by Crippen LogP contribution is -2.33. The van der Waals surface area contributed by atoms with E-state index in [1.165, 1.54) is 48.2 Å². The molecule has 10 heteroatoms. The number of cyclic esters (lactones) is 1. The molecule has 1 fully saturated rings. The third-order valence-electron chi connectivity index (χ3n) is 4.61. The first kappa shape index (κ1) is 22.7. The fourth-order valence-corrected chi connectivity index (χ4v) is 3.03. The van der Waals surface area contributed by atoms with E-state index in [0.717, 1.165) is 6.07 Å². The van der Waals surface area contributed by atoms with E-state index >= 15 is 0 Å². The fourth-order valence-electron chi connectivity index (χ4n) is 3.03. The van der Waals surface area contributed by atoms with Gasteiger partial charge in [0.1, 0.15) is 11.9 Å². The Hall–Kier alpha value is -3.95. The molecule has 1 saturated heterocycles. The number of esters is 1. The van der Waals surface area contributed by atoms with Crippen LogP contribution in [0.3, 0.4) is 0 Å². The van der Waals surface area contributed by atoms with Crippen molar-refractivity contribution in [2.75, 3.05) is 29.9 Å². The summed E-state index contributed by atoms with van der Waals surface area (Å²) in [4.78, 5) is 48.5. The number of nitrogens with one attached hydrogen (secondary N) is 2. The normalized spacial score (nSPS) is 15.2. The Kier molecular flexibility index (Phi) is 7.04. The van der Waals surface area contributed by atoms with E-state index in [-0.39, 0.29) is 48.2 Å². The summed E-state index contributed by atoms with van der Waals surface area (Å²) < 4.78 is 24.8. The van der Waals surface area contributed by atoms with Gasteiger partial charge in [0, 0.05) is 6.92 Å². The lowest BCUT2D eigenvalue weighted by atomic mass is 10.2. The van der Waals surface area contributed by atoms with Crippen LogP contribution in [0.4, 0.5) is 26.2 Å². The molecule has 1 heterocycles. The van der Waals surface area contributed by atoms with Crippen molar-refractivity contribution >= 4 is 35.0 Å². The summed E-state index contributed by atoms with van der Waals surface area (Å²) in [5, 5.41) is 5.28. The van der Waals surface area contributed by atoms with E-state index in [2.05, 4.69) is 10.6 Å². The monoisotopic (exact) mass is 443 g/mol. The van der Waals surface area contributed by atoms with Gasteiger partial charge in [-0.2, -0.15) is 0 Å². The standard InChI is InChI=1S/C22H22FN3O6/c1-3-31-21(29)14-4-7-19(20(28)9-5-14)25-18-8-6-15(10-17(18)23)26-12-16(32-22(26)30)11-24-13(2)27/h4-10,16H,3,11-12H2,1-2H3,(H,24,27)(H,25,28)/t16-/m0/s1. The Morgan fingerprint density at radius 3 is 2.56 bits per heavy atom. The molecule has 0 aromatic heterocycles. The fraction of sp³-hybridized carbons (Fsp3) is 0.273. The molecule has 1 atom stereocenters. The van der Waals surface area contributed by atoms with Crippen LogP contribution in [0, 0.1) is 5.82 Å². The van der Waals surface area contributed by atoms with Crippen molar-refractivity contribution in [3.8, 4) is 0 Å². The molecule has 0 radical (unpaired) electrons. The predicted octanol–water partition coefficient (Wildman–Crippen LogP) is 2.57. The molecule has 2 aromatic rings. The number of anilines is 3. The van der Waals surface area contributed by atoms with Crippen LogP contribution in [-0.2, 0) is 14.3 Å². The molecule has 0 saturated carbocycles. The molecule has 168 valence electrons. The number of amides is 2. The first-order chi connectivity index (χ1) is 15.3. The van der Waals surface area contributed by atoms with Crippen LogP contribution in [0.5, 0.6) is 0 Å². The number of ether oxygens (including phenoxy) is 2. The lowest BCUT2D eigenvalue weighted by Gasteiger charge is -2.15. The minimum atomic E-state index is -0.697. The van der Waals surface area contributed by atoms with Gasteiger partial charge in [-0.15, -0.1) is 0 Å². The van der Waals surface area contributed by atoms with Crippen LogP contribution in [0.15, 0.2) is 47.3 Å². The van der Waals surface area contributed by atoms with Gasteiger partial charge in [-0.05, 0) is 49.4 Å². The van der Waals surface area contributed by atoms with Crippen molar-refractivity contribution in [2.24, 2.45) is 0 Å². The molecule has 9 nitrogen and oxygen atoms in total. The van der Waals surface area contributed by atoms with E-state index in [9.17, 15) is 23.6 Å². The topological polar surface area (TPSA) is 114 Å². The van der Waals surface area contributed by atoms with Crippen LogP contribution in [-0.4, -0.2) is 43.8 Å². The van der Waals surface area contributed by atoms with Crippen LogP contribution < -0.4 is 21.0 Å². The highest BCUT2D eigenvalue weighted by Crippen LogP contribution is 2.27. The third kappa shape index (κ3) is 5.39. The summed E-state index contributed by atoms with van der Waals surface area (Å²) in [5.41, 5.74) is 0.0799. The molecule has 0 bridgehead atoms. The van der Waals surface area contributed by atoms with Crippen molar-refractivity contribution in [2.45, 2.75) is 20.0 Å². The van der Waals surface area contributed by atoms with Gasteiger partial charge in [-0.1, -0.05) is 0 Å². The lowest BCUT2D eigenvalue weighted by molar-refractivity contribution is -0.119. The van der Waals surface area contributed by atoms with Gasteiger partial charge in [-0.3, -0.25) is 14.5 Å². The zero-order valence-corrected chi connectivity index (χ0v) is 17.5. The van der Waals surface area contributed by atoms with Gasteiger partial charge < -0.3 is 20.1 Å². The molecule has 2 aromatic carbocycles. The number of rotatable bonds is 7. The van der Waals surface area contributed by atoms with Crippen LogP contribution in [0.2, 0.25) is 0 Å². The molecule has 0 unspecified atom stereocenters. The van der Waals surface area contributed by atoms with E-state index in [1.54, 1.807) is 6.92 Å². The van der Waals surface area contributed by atoms with Gasteiger partial charge in [0.25, 0.3) is 0 Å². The Morgan fingerprint density at radius 2 is 1.88 bits per heavy atom. The first-order valence-corrected chi connectivity index (χ1v) is 9.89. The molecule has 0 spiro atoms. The summed E-state index contributed by atoms with van der Waals surface area (Å²) in [7, 11) is 0. The van der Waals surface area contributed by atoms with Crippen LogP contribution in [0.25, 0.3) is 0 Å². The van der Waals surface area contributed by atoms with Crippen molar-refractivity contribution in [3.05, 3.63) is 64.1 Å². The second-order valence-electron chi connectivity index (χ2n) is 6.96. The van der Waals surface area contributed by atoms with Crippen molar-refractivity contribution in [3.63, 3.8) is 0 Å². The average molecular weight is 443 g/mol. The molecule has 0 aliphatic carbocycles. The number of carbonyl (C=O) groups excluding carboxylic acids is 3. The number of nitrogens with zero attached hydrogens (tertiary/aromatic N) is 1. The molecule has 1 aliphatic heterocycles. The molecular formula is C22H22FN3O6. The first-order valence-electron chi connectivity index (χ1n) is 9.89. The second-order valence-corrected chi connectivity index (χ2v) is 6.96. The predicted molar refractivity (Wildman–Crippen MR) is 115 cm³/mol. The number of carbonyl (C=O) groups is 3. The van der Waals surface area contributed by atoms with Gasteiger partial charge in [-0.25, -0.2) is 14.0 Å². The van der Waals surface area contributed by atoms with Gasteiger partial charge in [0.2, 0.25) is 11.3 Å². The summed E-state index contributed by atoms with van der Waals surface area (Å²) in [5.74, 6) is -1.52. The SMILES string of the molecule is CCOC(=O)c1ccc(Nc2ccc(N3C[C@H](CNC(C)=O)OC3=O)cc2F)c(=O)cc1. The zero-order chi connectivity index (χ0) is 23.3. The summed E-state index contributed by atoms with van der Waals surface area (Å²) in [6, 6.07) is 9.33. The maximum Gasteiger partial charge on any atom is 0.414 e. The van der Waals surface area contributed by atoms with Crippen LogP contribution in [0.1, 0.15) is 24.2 Å². The van der Waals surface area contributed by atoms with E-state index in [1.807, 2.05) is 0 Å². The molecule has 32 heavy (non-hydrogen) atoms. The van der Waals surface area contributed by atoms with Crippen molar-refractivity contribution in [1.82, 2.24) is 5.32 Å². The second kappa shape index (κ2) is 9.90. The summed E-state index contributed by atoms with van der Waals surface area (Å²) in [6.07, 6.45) is -1.20. The molecule has 2 amide bonds. The maximum absolute atomic E-state index is 14.7.